The molecule has 0 spiro atoms. The monoisotopic (exact) mass is 279 g/mol. The van der Waals surface area contributed by atoms with Crippen LogP contribution in [0.25, 0.3) is 11.5 Å². The molecule has 0 unspecified atom stereocenters. The Balaban J connectivity index is 1.92. The molecule has 0 bridgehead atoms. The number of hydrogen-bond donors (Lipinski definition) is 2. The van der Waals surface area contributed by atoms with Gasteiger partial charge in [-0.15, -0.1) is 0 Å². The van der Waals surface area contributed by atoms with Crippen LogP contribution in [0, 0.1) is 5.82 Å². The molecule has 1 saturated heterocycles. The van der Waals surface area contributed by atoms with Gasteiger partial charge in [0.1, 0.15) is 18.4 Å². The summed E-state index contributed by atoms with van der Waals surface area (Å²) in [5, 5.41) is 16.1. The van der Waals surface area contributed by atoms with Gasteiger partial charge in [0, 0.05) is 26.2 Å². The lowest BCUT2D eigenvalue weighted by Crippen LogP contribution is -2.50. The van der Waals surface area contributed by atoms with Crippen molar-refractivity contribution in [3.63, 3.8) is 0 Å². The molecular formula is C12H14FN5O2. The van der Waals surface area contributed by atoms with Gasteiger partial charge in [-0.2, -0.15) is 5.10 Å². The largest absolute Gasteiger partial charge is 0.485 e. The summed E-state index contributed by atoms with van der Waals surface area (Å²) in [6.45, 7) is 1.15. The van der Waals surface area contributed by atoms with E-state index in [1.165, 1.54) is 10.7 Å². The molecule has 0 aliphatic carbocycles. The summed E-state index contributed by atoms with van der Waals surface area (Å²) in [7, 11) is 1.68. The lowest BCUT2D eigenvalue weighted by atomic mass is 10.2. The Morgan fingerprint density at radius 2 is 2.35 bits per heavy atom. The zero-order valence-electron chi connectivity index (χ0n) is 10.9. The van der Waals surface area contributed by atoms with Gasteiger partial charge in [-0.25, -0.2) is 19.0 Å². The molecule has 1 fully saturated rings. The second-order valence-electron chi connectivity index (χ2n) is 4.53. The molecule has 1 aliphatic heterocycles. The van der Waals surface area contributed by atoms with Gasteiger partial charge in [0.15, 0.2) is 23.2 Å². The fraction of sp³-hybridized carbons (Fsp3) is 0.417. The molecule has 2 N–H and O–H groups in total. The van der Waals surface area contributed by atoms with Crippen molar-refractivity contribution in [3.8, 4) is 17.3 Å². The number of halogens is 1. The van der Waals surface area contributed by atoms with Crippen LogP contribution in [0.5, 0.6) is 5.75 Å². The number of ether oxygens (including phenoxy) is 1. The molecule has 0 aromatic carbocycles. The molecule has 1 aliphatic rings. The van der Waals surface area contributed by atoms with Crippen molar-refractivity contribution in [1.29, 1.82) is 0 Å². The first-order chi connectivity index (χ1) is 9.67. The van der Waals surface area contributed by atoms with Crippen molar-refractivity contribution in [2.75, 3.05) is 13.1 Å². The number of pyridine rings is 1. The van der Waals surface area contributed by atoms with E-state index in [9.17, 15) is 4.39 Å². The summed E-state index contributed by atoms with van der Waals surface area (Å²) >= 11 is 0. The van der Waals surface area contributed by atoms with Crippen LogP contribution < -0.4 is 10.1 Å². The molecule has 7 nitrogen and oxygen atoms in total. The molecule has 0 atom stereocenters. The van der Waals surface area contributed by atoms with E-state index in [2.05, 4.69) is 20.4 Å². The van der Waals surface area contributed by atoms with E-state index in [1.807, 2.05) is 0 Å². The Kier molecular flexibility index (Phi) is 3.33. The third-order valence-corrected chi connectivity index (χ3v) is 3.04. The van der Waals surface area contributed by atoms with Crippen LogP contribution in [-0.4, -0.2) is 44.0 Å². The van der Waals surface area contributed by atoms with Crippen LogP contribution in [-0.2, 0) is 13.7 Å². The van der Waals surface area contributed by atoms with Gasteiger partial charge in [-0.05, 0) is 0 Å². The van der Waals surface area contributed by atoms with E-state index >= 15 is 0 Å². The molecule has 2 aromatic rings. The van der Waals surface area contributed by atoms with Gasteiger partial charge in [-0.3, -0.25) is 0 Å². The minimum atomic E-state index is -0.509. The molecule has 3 heterocycles. The second-order valence-corrected chi connectivity index (χ2v) is 4.53. The Morgan fingerprint density at radius 1 is 1.55 bits per heavy atom. The summed E-state index contributed by atoms with van der Waals surface area (Å²) in [5.41, 5.74) is 0.448. The lowest BCUT2D eigenvalue weighted by molar-refractivity contribution is 0.136. The molecule has 3 rings (SSSR count). The van der Waals surface area contributed by atoms with E-state index in [-0.39, 0.29) is 18.5 Å². The zero-order valence-corrected chi connectivity index (χ0v) is 10.9. The van der Waals surface area contributed by atoms with Crippen molar-refractivity contribution in [2.24, 2.45) is 7.05 Å². The SMILES string of the molecule is Cn1nc(CO)nc1-c1cc(OC2CNC2)c(F)cn1. The highest BCUT2D eigenvalue weighted by Gasteiger charge is 2.21. The average Bonchev–Trinajstić information content (AvgIpc) is 2.77. The standard InChI is InChI=1S/C12H14FN5O2/c1-18-12(16-11(6-19)17-18)9-2-10(8(13)5-15-9)20-7-3-14-4-7/h2,5,7,14,19H,3-4,6H2,1H3. The van der Waals surface area contributed by atoms with Crippen LogP contribution in [0.3, 0.4) is 0 Å². The van der Waals surface area contributed by atoms with Crippen LogP contribution in [0.4, 0.5) is 4.39 Å². The molecule has 0 radical (unpaired) electrons. The fourth-order valence-electron chi connectivity index (χ4n) is 1.89. The number of hydrogen-bond acceptors (Lipinski definition) is 6. The first-order valence-corrected chi connectivity index (χ1v) is 6.21. The Hall–Kier alpha value is -2.06. The fourth-order valence-corrected chi connectivity index (χ4v) is 1.89. The van der Waals surface area contributed by atoms with Crippen LogP contribution in [0.2, 0.25) is 0 Å². The number of aryl methyl sites for hydroxylation is 1. The van der Waals surface area contributed by atoms with Crippen LogP contribution in [0.1, 0.15) is 5.82 Å². The molecule has 20 heavy (non-hydrogen) atoms. The van der Waals surface area contributed by atoms with E-state index in [0.717, 1.165) is 6.20 Å². The Labute approximate surface area is 114 Å². The summed E-state index contributed by atoms with van der Waals surface area (Å²) in [4.78, 5) is 8.12. The van der Waals surface area contributed by atoms with Crippen molar-refractivity contribution in [2.45, 2.75) is 12.7 Å². The van der Waals surface area contributed by atoms with Gasteiger partial charge >= 0.3 is 0 Å². The van der Waals surface area contributed by atoms with Crippen molar-refractivity contribution < 1.29 is 14.2 Å². The summed E-state index contributed by atoms with van der Waals surface area (Å²) in [6.07, 6.45) is 1.08. The maximum atomic E-state index is 13.7. The third-order valence-electron chi connectivity index (χ3n) is 3.04. The number of aromatic nitrogens is 4. The maximum absolute atomic E-state index is 13.7. The average molecular weight is 279 g/mol. The van der Waals surface area contributed by atoms with E-state index in [0.29, 0.717) is 30.4 Å². The Bertz CT molecular complexity index is 626. The van der Waals surface area contributed by atoms with Crippen molar-refractivity contribution in [1.82, 2.24) is 25.1 Å². The zero-order chi connectivity index (χ0) is 14.1. The number of nitrogens with one attached hydrogen (secondary N) is 1. The van der Waals surface area contributed by atoms with Gasteiger partial charge < -0.3 is 15.2 Å². The van der Waals surface area contributed by atoms with Crippen molar-refractivity contribution >= 4 is 0 Å². The molecule has 2 aromatic heterocycles. The van der Waals surface area contributed by atoms with E-state index in [1.54, 1.807) is 7.05 Å². The van der Waals surface area contributed by atoms with E-state index < -0.39 is 5.82 Å². The lowest BCUT2D eigenvalue weighted by Gasteiger charge is -2.27. The van der Waals surface area contributed by atoms with Gasteiger partial charge in [0.2, 0.25) is 0 Å². The smallest absolute Gasteiger partial charge is 0.183 e. The summed E-state index contributed by atoms with van der Waals surface area (Å²) < 4.78 is 20.7. The molecule has 8 heteroatoms. The number of rotatable bonds is 4. The second kappa shape index (κ2) is 5.14. The van der Waals surface area contributed by atoms with Crippen molar-refractivity contribution in [3.05, 3.63) is 23.9 Å². The predicted octanol–water partition coefficient (Wildman–Crippen LogP) is -0.141. The highest BCUT2D eigenvalue weighted by molar-refractivity contribution is 5.52. The molecule has 106 valence electrons. The highest BCUT2D eigenvalue weighted by Crippen LogP contribution is 2.24. The van der Waals surface area contributed by atoms with E-state index in [4.69, 9.17) is 9.84 Å². The number of aliphatic hydroxyl groups excluding tert-OH is 1. The first-order valence-electron chi connectivity index (χ1n) is 6.21. The number of aliphatic hydroxyl groups is 1. The highest BCUT2D eigenvalue weighted by atomic mass is 19.1. The molecule has 0 saturated carbocycles. The topological polar surface area (TPSA) is 85.1 Å². The third kappa shape index (κ3) is 2.35. The minimum Gasteiger partial charge on any atom is -0.485 e. The number of nitrogens with zero attached hydrogens (tertiary/aromatic N) is 4. The van der Waals surface area contributed by atoms with Gasteiger partial charge in [0.05, 0.1) is 6.20 Å². The Morgan fingerprint density at radius 3 is 2.95 bits per heavy atom. The maximum Gasteiger partial charge on any atom is 0.183 e. The minimum absolute atomic E-state index is 0.0211. The predicted molar refractivity (Wildman–Crippen MR) is 67.4 cm³/mol. The normalized spacial score (nSPS) is 15.2. The molecular weight excluding hydrogens is 265 g/mol. The first kappa shape index (κ1) is 12.9. The van der Waals surface area contributed by atoms with Gasteiger partial charge in [-0.1, -0.05) is 0 Å². The summed E-state index contributed by atoms with van der Waals surface area (Å²) in [5.74, 6) is 0.380. The molecule has 0 amide bonds. The van der Waals surface area contributed by atoms with Gasteiger partial charge in [0.25, 0.3) is 0 Å². The summed E-state index contributed by atoms with van der Waals surface area (Å²) in [6, 6.07) is 1.50. The van der Waals surface area contributed by atoms with Crippen LogP contribution in [0.15, 0.2) is 12.3 Å². The van der Waals surface area contributed by atoms with Crippen LogP contribution >= 0.6 is 0 Å². The quantitative estimate of drug-likeness (QED) is 0.810.